The van der Waals surface area contributed by atoms with E-state index >= 15 is 0 Å². The van der Waals surface area contributed by atoms with Crippen molar-refractivity contribution < 1.29 is 19.4 Å². The molecular formula is C13H13N3O4. The fourth-order valence-corrected chi connectivity index (χ4v) is 2.24. The number of nitrogens with zero attached hydrogens (tertiary/aromatic N) is 1. The summed E-state index contributed by atoms with van der Waals surface area (Å²) in [5, 5.41) is 15.4. The second kappa shape index (κ2) is 4.44. The lowest BCUT2D eigenvalue weighted by Crippen LogP contribution is -2.15. The molecule has 3 rings (SSSR count). The highest BCUT2D eigenvalue weighted by Gasteiger charge is 2.22. The first-order chi connectivity index (χ1) is 9.58. The van der Waals surface area contributed by atoms with E-state index in [1.54, 1.807) is 6.07 Å². The van der Waals surface area contributed by atoms with Crippen molar-refractivity contribution in [3.05, 3.63) is 23.4 Å². The van der Waals surface area contributed by atoms with E-state index in [0.29, 0.717) is 35.8 Å². The number of anilines is 1. The van der Waals surface area contributed by atoms with Gasteiger partial charge in [0.1, 0.15) is 13.2 Å². The number of hydrogen-bond donors (Lipinski definition) is 3. The highest BCUT2D eigenvalue weighted by molar-refractivity contribution is 5.98. The van der Waals surface area contributed by atoms with Crippen molar-refractivity contribution in [2.75, 3.05) is 18.9 Å². The first-order valence-corrected chi connectivity index (χ1v) is 6.05. The van der Waals surface area contributed by atoms with Crippen LogP contribution in [0, 0.1) is 6.92 Å². The molecule has 2 heterocycles. The van der Waals surface area contributed by atoms with Gasteiger partial charge in [0.05, 0.1) is 5.56 Å². The average molecular weight is 275 g/mol. The summed E-state index contributed by atoms with van der Waals surface area (Å²) < 4.78 is 11.0. The lowest BCUT2D eigenvalue weighted by Gasteiger charge is -2.20. The molecule has 20 heavy (non-hydrogen) atoms. The van der Waals surface area contributed by atoms with Crippen LogP contribution in [0.25, 0.3) is 11.1 Å². The topological polar surface area (TPSA) is 110 Å². The van der Waals surface area contributed by atoms with E-state index in [1.165, 1.54) is 0 Å². The third kappa shape index (κ3) is 1.83. The minimum Gasteiger partial charge on any atom is -0.486 e. The number of nitrogens with two attached hydrogens (primary N) is 1. The predicted molar refractivity (Wildman–Crippen MR) is 71.1 cm³/mol. The molecule has 1 aliphatic heterocycles. The molecule has 1 aromatic carbocycles. The van der Waals surface area contributed by atoms with E-state index in [-0.39, 0.29) is 11.5 Å². The number of ether oxygens (including phenoxy) is 2. The zero-order valence-electron chi connectivity index (χ0n) is 10.8. The summed E-state index contributed by atoms with van der Waals surface area (Å²) in [5.74, 6) is 0.255. The van der Waals surface area contributed by atoms with Crippen LogP contribution in [-0.2, 0) is 0 Å². The maximum atomic E-state index is 11.2. The van der Waals surface area contributed by atoms with Gasteiger partial charge < -0.3 is 20.3 Å². The Labute approximate surface area is 114 Å². The molecule has 1 aliphatic rings. The highest BCUT2D eigenvalue weighted by Crippen LogP contribution is 2.39. The van der Waals surface area contributed by atoms with Crippen LogP contribution in [0.4, 0.5) is 5.82 Å². The lowest BCUT2D eigenvalue weighted by atomic mass is 9.99. The van der Waals surface area contributed by atoms with Gasteiger partial charge in [0.2, 0.25) is 0 Å². The monoisotopic (exact) mass is 275 g/mol. The smallest absolute Gasteiger partial charge is 0.354 e. The Hall–Kier alpha value is -2.70. The van der Waals surface area contributed by atoms with Gasteiger partial charge in [0, 0.05) is 0 Å². The van der Waals surface area contributed by atoms with Gasteiger partial charge in [-0.3, -0.25) is 5.10 Å². The molecule has 0 spiro atoms. The second-order valence-corrected chi connectivity index (χ2v) is 4.47. The maximum Gasteiger partial charge on any atom is 0.354 e. The Bertz CT molecular complexity index is 693. The second-order valence-electron chi connectivity index (χ2n) is 4.47. The fourth-order valence-electron chi connectivity index (χ4n) is 2.24. The van der Waals surface area contributed by atoms with Gasteiger partial charge in [0.25, 0.3) is 0 Å². The molecule has 0 saturated heterocycles. The third-order valence-corrected chi connectivity index (χ3v) is 3.17. The van der Waals surface area contributed by atoms with Gasteiger partial charge in [-0.15, -0.1) is 0 Å². The van der Waals surface area contributed by atoms with E-state index in [1.807, 2.05) is 13.0 Å². The molecule has 104 valence electrons. The molecule has 0 aliphatic carbocycles. The van der Waals surface area contributed by atoms with Crippen LogP contribution in [0.2, 0.25) is 0 Å². The van der Waals surface area contributed by atoms with Crippen LogP contribution in [0.1, 0.15) is 16.1 Å². The van der Waals surface area contributed by atoms with Crippen molar-refractivity contribution in [2.24, 2.45) is 0 Å². The van der Waals surface area contributed by atoms with Crippen LogP contribution in [0.15, 0.2) is 12.1 Å². The van der Waals surface area contributed by atoms with Crippen LogP contribution in [0.3, 0.4) is 0 Å². The summed E-state index contributed by atoms with van der Waals surface area (Å²) in [6.07, 6.45) is 0. The van der Waals surface area contributed by atoms with Gasteiger partial charge in [-0.1, -0.05) is 0 Å². The zero-order valence-corrected chi connectivity index (χ0v) is 10.8. The molecule has 7 nitrogen and oxygen atoms in total. The Morgan fingerprint density at radius 3 is 2.65 bits per heavy atom. The Morgan fingerprint density at radius 2 is 2.00 bits per heavy atom. The quantitative estimate of drug-likeness (QED) is 0.764. The number of hydrogen-bond acceptors (Lipinski definition) is 5. The summed E-state index contributed by atoms with van der Waals surface area (Å²) in [7, 11) is 0. The van der Waals surface area contributed by atoms with E-state index in [4.69, 9.17) is 15.2 Å². The van der Waals surface area contributed by atoms with Crippen LogP contribution in [0.5, 0.6) is 11.5 Å². The summed E-state index contributed by atoms with van der Waals surface area (Å²) in [6.45, 7) is 2.81. The van der Waals surface area contributed by atoms with Gasteiger partial charge in [-0.2, -0.15) is 5.10 Å². The summed E-state index contributed by atoms with van der Waals surface area (Å²) in [4.78, 5) is 11.2. The molecule has 0 fully saturated rings. The number of benzene rings is 1. The van der Waals surface area contributed by atoms with E-state index in [0.717, 1.165) is 5.56 Å². The first kappa shape index (κ1) is 12.3. The first-order valence-electron chi connectivity index (χ1n) is 6.05. The number of rotatable bonds is 2. The standard InChI is InChI=1S/C13H13N3O4/c1-6-4-8-9(20-3-2-19-8)5-7(6)10-11(13(17)18)15-16-12(10)14/h4-5H,2-3H2,1H3,(H,17,18)(H3,14,15,16). The molecule has 0 atom stereocenters. The van der Waals surface area contributed by atoms with Crippen LogP contribution < -0.4 is 15.2 Å². The number of fused-ring (bicyclic) bond motifs is 1. The number of nitrogen functional groups attached to an aromatic ring is 1. The molecule has 0 bridgehead atoms. The van der Waals surface area contributed by atoms with Crippen molar-refractivity contribution in [1.29, 1.82) is 0 Å². The minimum atomic E-state index is -1.11. The molecule has 0 unspecified atom stereocenters. The van der Waals surface area contributed by atoms with Crippen molar-refractivity contribution >= 4 is 11.8 Å². The number of aryl methyl sites for hydroxylation is 1. The number of H-pyrrole nitrogens is 1. The lowest BCUT2D eigenvalue weighted by molar-refractivity contribution is 0.0691. The molecule has 0 amide bonds. The number of carboxylic acids is 1. The number of aromatic nitrogens is 2. The third-order valence-electron chi connectivity index (χ3n) is 3.17. The molecule has 4 N–H and O–H groups in total. The Kier molecular flexibility index (Phi) is 2.74. The molecule has 1 aromatic heterocycles. The predicted octanol–water partition coefficient (Wildman–Crippen LogP) is 1.44. The van der Waals surface area contributed by atoms with Gasteiger partial charge in [0.15, 0.2) is 23.0 Å². The molecule has 2 aromatic rings. The molecule has 0 saturated carbocycles. The van der Waals surface area contributed by atoms with Crippen molar-refractivity contribution in [3.8, 4) is 22.6 Å². The normalized spacial score (nSPS) is 13.2. The number of aromatic amines is 1. The molecular weight excluding hydrogens is 262 g/mol. The largest absolute Gasteiger partial charge is 0.486 e. The summed E-state index contributed by atoms with van der Waals surface area (Å²) in [5.41, 5.74) is 7.61. The zero-order chi connectivity index (χ0) is 14.3. The van der Waals surface area contributed by atoms with Gasteiger partial charge >= 0.3 is 5.97 Å². The summed E-state index contributed by atoms with van der Waals surface area (Å²) in [6, 6.07) is 3.54. The average Bonchev–Trinajstić information content (AvgIpc) is 2.80. The van der Waals surface area contributed by atoms with E-state index in [9.17, 15) is 9.90 Å². The summed E-state index contributed by atoms with van der Waals surface area (Å²) >= 11 is 0. The molecule has 0 radical (unpaired) electrons. The van der Waals surface area contributed by atoms with Crippen molar-refractivity contribution in [2.45, 2.75) is 6.92 Å². The van der Waals surface area contributed by atoms with E-state index < -0.39 is 5.97 Å². The van der Waals surface area contributed by atoms with Crippen LogP contribution >= 0.6 is 0 Å². The fraction of sp³-hybridized carbons (Fsp3) is 0.231. The highest BCUT2D eigenvalue weighted by atomic mass is 16.6. The maximum absolute atomic E-state index is 11.2. The number of aromatic carboxylic acids is 1. The van der Waals surface area contributed by atoms with Gasteiger partial charge in [-0.25, -0.2) is 4.79 Å². The van der Waals surface area contributed by atoms with Crippen molar-refractivity contribution in [3.63, 3.8) is 0 Å². The molecule has 7 heteroatoms. The SMILES string of the molecule is Cc1cc2c(cc1-c1c(N)n[nH]c1C(=O)O)OCCO2. The Balaban J connectivity index is 2.20. The minimum absolute atomic E-state index is 0.0396. The van der Waals surface area contributed by atoms with Crippen LogP contribution in [-0.4, -0.2) is 34.5 Å². The van der Waals surface area contributed by atoms with Gasteiger partial charge in [-0.05, 0) is 30.2 Å². The number of carboxylic acid groups (broad SMARTS) is 1. The van der Waals surface area contributed by atoms with E-state index in [2.05, 4.69) is 10.2 Å². The number of nitrogens with one attached hydrogen (secondary N) is 1. The van der Waals surface area contributed by atoms with Crippen molar-refractivity contribution in [1.82, 2.24) is 10.2 Å². The Morgan fingerprint density at radius 1 is 1.35 bits per heavy atom. The number of carbonyl (C=O) groups is 1.